The molecule has 1 aliphatic heterocycles. The van der Waals surface area contributed by atoms with Crippen LogP contribution in [-0.4, -0.2) is 30.3 Å². The lowest BCUT2D eigenvalue weighted by Crippen LogP contribution is -2.28. The SMILES string of the molecule is CN1CCCCC/C1=N\C(N)=NC#N. The fourth-order valence-corrected chi connectivity index (χ4v) is 1.48. The molecule has 0 aromatic rings. The minimum Gasteiger partial charge on any atom is -0.367 e. The van der Waals surface area contributed by atoms with Crippen LogP contribution in [-0.2, 0) is 0 Å². The van der Waals surface area contributed by atoms with Crippen LogP contribution in [0.15, 0.2) is 9.98 Å². The van der Waals surface area contributed by atoms with Gasteiger partial charge in [0, 0.05) is 20.0 Å². The van der Waals surface area contributed by atoms with Gasteiger partial charge < -0.3 is 10.6 Å². The maximum Gasteiger partial charge on any atom is 0.232 e. The number of hydrogen-bond donors (Lipinski definition) is 1. The van der Waals surface area contributed by atoms with Gasteiger partial charge >= 0.3 is 0 Å². The van der Waals surface area contributed by atoms with Crippen molar-refractivity contribution in [1.82, 2.24) is 4.90 Å². The molecule has 1 fully saturated rings. The van der Waals surface area contributed by atoms with Crippen LogP contribution >= 0.6 is 0 Å². The molecule has 1 rings (SSSR count). The maximum absolute atomic E-state index is 8.29. The maximum atomic E-state index is 8.29. The Bertz CT molecular complexity index is 286. The normalized spacial score (nSPS) is 21.9. The molecule has 0 radical (unpaired) electrons. The van der Waals surface area contributed by atoms with Crippen molar-refractivity contribution in [2.24, 2.45) is 15.7 Å². The van der Waals surface area contributed by atoms with Gasteiger partial charge in [-0.1, -0.05) is 6.42 Å². The van der Waals surface area contributed by atoms with E-state index < -0.39 is 0 Å². The molecule has 1 aliphatic rings. The van der Waals surface area contributed by atoms with Gasteiger partial charge in [0.25, 0.3) is 0 Å². The van der Waals surface area contributed by atoms with Crippen LogP contribution in [0.5, 0.6) is 0 Å². The van der Waals surface area contributed by atoms with Crippen LogP contribution in [0, 0.1) is 11.5 Å². The van der Waals surface area contributed by atoms with E-state index in [-0.39, 0.29) is 5.96 Å². The van der Waals surface area contributed by atoms with E-state index in [9.17, 15) is 0 Å². The van der Waals surface area contributed by atoms with Gasteiger partial charge in [0.1, 0.15) is 5.84 Å². The molecule has 0 aromatic heterocycles. The first-order chi connectivity index (χ1) is 6.74. The molecule has 0 amide bonds. The van der Waals surface area contributed by atoms with Crippen molar-refractivity contribution in [1.29, 1.82) is 5.26 Å². The Hall–Kier alpha value is -1.57. The fourth-order valence-electron chi connectivity index (χ4n) is 1.48. The van der Waals surface area contributed by atoms with Gasteiger partial charge in [0.15, 0.2) is 0 Å². The first-order valence-electron chi connectivity index (χ1n) is 4.75. The number of nitrogens with zero attached hydrogens (tertiary/aromatic N) is 4. The molecule has 5 nitrogen and oxygen atoms in total. The first kappa shape index (κ1) is 10.5. The molecular weight excluding hydrogens is 178 g/mol. The van der Waals surface area contributed by atoms with Gasteiger partial charge in [-0.25, -0.2) is 0 Å². The average molecular weight is 193 g/mol. The largest absolute Gasteiger partial charge is 0.367 e. The molecule has 0 saturated carbocycles. The van der Waals surface area contributed by atoms with E-state index in [0.717, 1.165) is 25.2 Å². The van der Waals surface area contributed by atoms with Crippen molar-refractivity contribution in [2.45, 2.75) is 25.7 Å². The molecule has 1 heterocycles. The van der Waals surface area contributed by atoms with E-state index in [1.54, 1.807) is 6.19 Å². The highest BCUT2D eigenvalue weighted by molar-refractivity contribution is 5.95. The minimum atomic E-state index is 0.0521. The Morgan fingerprint density at radius 3 is 3.00 bits per heavy atom. The topological polar surface area (TPSA) is 77.8 Å². The van der Waals surface area contributed by atoms with Gasteiger partial charge in [-0.15, -0.1) is 4.99 Å². The third kappa shape index (κ3) is 3.05. The highest BCUT2D eigenvalue weighted by Crippen LogP contribution is 2.10. The average Bonchev–Trinajstić information content (AvgIpc) is 2.33. The van der Waals surface area contributed by atoms with Gasteiger partial charge in [-0.3, -0.25) is 0 Å². The second-order valence-electron chi connectivity index (χ2n) is 3.33. The number of nitriles is 1. The van der Waals surface area contributed by atoms with Crippen molar-refractivity contribution in [2.75, 3.05) is 13.6 Å². The molecule has 5 heteroatoms. The third-order valence-electron chi connectivity index (χ3n) is 2.24. The van der Waals surface area contributed by atoms with Crippen molar-refractivity contribution >= 4 is 11.8 Å². The zero-order valence-corrected chi connectivity index (χ0v) is 8.40. The van der Waals surface area contributed by atoms with E-state index in [4.69, 9.17) is 11.0 Å². The molecule has 76 valence electrons. The van der Waals surface area contributed by atoms with Crippen molar-refractivity contribution in [3.8, 4) is 6.19 Å². The Morgan fingerprint density at radius 1 is 1.50 bits per heavy atom. The molecule has 0 aromatic carbocycles. The Labute approximate surface area is 83.9 Å². The van der Waals surface area contributed by atoms with Gasteiger partial charge in [-0.2, -0.15) is 10.3 Å². The standard InChI is InChI=1S/C9H15N5/c1-14-6-4-2-3-5-8(14)13-9(11)12-7-10/h2-6H2,1H3,(H2,11,12)/b13-8+. The highest BCUT2D eigenvalue weighted by Gasteiger charge is 2.10. The molecule has 2 N–H and O–H groups in total. The van der Waals surface area contributed by atoms with Crippen molar-refractivity contribution < 1.29 is 0 Å². The predicted molar refractivity (Wildman–Crippen MR) is 55.8 cm³/mol. The molecule has 0 unspecified atom stereocenters. The van der Waals surface area contributed by atoms with Crippen LogP contribution < -0.4 is 5.73 Å². The quantitative estimate of drug-likeness (QED) is 0.349. The summed E-state index contributed by atoms with van der Waals surface area (Å²) in [6.07, 6.45) is 6.07. The van der Waals surface area contributed by atoms with Crippen LogP contribution in [0.1, 0.15) is 25.7 Å². The number of guanidine groups is 1. The molecule has 0 atom stereocenters. The van der Waals surface area contributed by atoms with Crippen LogP contribution in [0.4, 0.5) is 0 Å². The number of likely N-dealkylation sites (tertiary alicyclic amines) is 1. The summed E-state index contributed by atoms with van der Waals surface area (Å²) in [4.78, 5) is 9.56. The van der Waals surface area contributed by atoms with Crippen molar-refractivity contribution in [3.05, 3.63) is 0 Å². The second-order valence-corrected chi connectivity index (χ2v) is 3.33. The smallest absolute Gasteiger partial charge is 0.232 e. The number of aliphatic imine (C=N–C) groups is 2. The lowest BCUT2D eigenvalue weighted by atomic mass is 10.2. The zero-order valence-electron chi connectivity index (χ0n) is 8.40. The molecule has 14 heavy (non-hydrogen) atoms. The van der Waals surface area contributed by atoms with Gasteiger partial charge in [0.05, 0.1) is 0 Å². The Kier molecular flexibility index (Phi) is 3.92. The first-order valence-corrected chi connectivity index (χ1v) is 4.75. The molecule has 0 aliphatic carbocycles. The number of hydrogen-bond acceptors (Lipinski definition) is 2. The van der Waals surface area contributed by atoms with Gasteiger partial charge in [-0.05, 0) is 12.8 Å². The van der Waals surface area contributed by atoms with E-state index in [1.807, 2.05) is 7.05 Å². The summed E-state index contributed by atoms with van der Waals surface area (Å²) >= 11 is 0. The fraction of sp³-hybridized carbons (Fsp3) is 0.667. The number of rotatable bonds is 0. The summed E-state index contributed by atoms with van der Waals surface area (Å²) in [6.45, 7) is 0.999. The van der Waals surface area contributed by atoms with Crippen LogP contribution in [0.2, 0.25) is 0 Å². The molecule has 0 spiro atoms. The summed E-state index contributed by atoms with van der Waals surface area (Å²) in [5.74, 6) is 0.982. The van der Waals surface area contributed by atoms with E-state index >= 15 is 0 Å². The monoisotopic (exact) mass is 193 g/mol. The summed E-state index contributed by atoms with van der Waals surface area (Å²) in [6, 6.07) is 0. The lowest BCUT2D eigenvalue weighted by Gasteiger charge is -2.17. The van der Waals surface area contributed by atoms with Crippen LogP contribution in [0.25, 0.3) is 0 Å². The summed E-state index contributed by atoms with van der Waals surface area (Å²) in [5, 5.41) is 8.29. The van der Waals surface area contributed by atoms with Crippen molar-refractivity contribution in [3.63, 3.8) is 0 Å². The lowest BCUT2D eigenvalue weighted by molar-refractivity contribution is 0.495. The van der Waals surface area contributed by atoms with E-state index in [1.165, 1.54) is 12.8 Å². The van der Waals surface area contributed by atoms with E-state index in [2.05, 4.69) is 14.9 Å². The summed E-state index contributed by atoms with van der Waals surface area (Å²) < 4.78 is 0. The number of nitrogens with two attached hydrogens (primary N) is 1. The Morgan fingerprint density at radius 2 is 2.29 bits per heavy atom. The van der Waals surface area contributed by atoms with Crippen LogP contribution in [0.3, 0.4) is 0 Å². The minimum absolute atomic E-state index is 0.0521. The third-order valence-corrected chi connectivity index (χ3v) is 2.24. The second kappa shape index (κ2) is 5.22. The summed E-state index contributed by atoms with van der Waals surface area (Å²) in [5.41, 5.74) is 5.44. The highest BCUT2D eigenvalue weighted by atomic mass is 15.2. The molecule has 1 saturated heterocycles. The predicted octanol–water partition coefficient (Wildman–Crippen LogP) is 0.686. The zero-order chi connectivity index (χ0) is 10.4. The Balaban J connectivity index is 2.73. The van der Waals surface area contributed by atoms with E-state index in [0.29, 0.717) is 0 Å². The summed E-state index contributed by atoms with van der Waals surface area (Å²) in [7, 11) is 1.99. The molecule has 0 bridgehead atoms. The van der Waals surface area contributed by atoms with Gasteiger partial charge in [0.2, 0.25) is 12.2 Å². The molecular formula is C9H15N5. The number of amidine groups is 1.